The Bertz CT molecular complexity index is 627. The van der Waals surface area contributed by atoms with Gasteiger partial charge in [-0.25, -0.2) is 9.97 Å². The Hall–Kier alpha value is -1.53. The van der Waals surface area contributed by atoms with Gasteiger partial charge in [0.05, 0.1) is 11.3 Å². The van der Waals surface area contributed by atoms with E-state index in [0.717, 1.165) is 29.1 Å². The summed E-state index contributed by atoms with van der Waals surface area (Å²) >= 11 is 6.80. The van der Waals surface area contributed by atoms with Crippen molar-refractivity contribution in [1.82, 2.24) is 9.97 Å². The number of pyridine rings is 1. The van der Waals surface area contributed by atoms with Crippen LogP contribution >= 0.6 is 23.6 Å². The van der Waals surface area contributed by atoms with Gasteiger partial charge in [0.25, 0.3) is 0 Å². The van der Waals surface area contributed by atoms with Crippen LogP contribution in [0.5, 0.6) is 0 Å². The average molecular weight is 290 g/mol. The number of nitrogens with one attached hydrogen (secondary N) is 1. The van der Waals surface area contributed by atoms with Crippen molar-refractivity contribution in [3.8, 4) is 0 Å². The summed E-state index contributed by atoms with van der Waals surface area (Å²) < 4.78 is 0. The molecule has 0 atom stereocenters. The van der Waals surface area contributed by atoms with Crippen molar-refractivity contribution in [3.05, 3.63) is 34.0 Å². The Morgan fingerprint density at radius 3 is 3.05 bits per heavy atom. The van der Waals surface area contributed by atoms with Crippen LogP contribution in [0, 0.1) is 6.92 Å². The molecule has 3 rings (SSSR count). The van der Waals surface area contributed by atoms with Crippen LogP contribution in [0.4, 0.5) is 10.9 Å². The van der Waals surface area contributed by atoms with E-state index in [1.54, 1.807) is 17.5 Å². The minimum Gasteiger partial charge on any atom is -0.389 e. The first-order valence-electron chi connectivity index (χ1n) is 6.16. The first-order valence-corrected chi connectivity index (χ1v) is 7.38. The Morgan fingerprint density at radius 2 is 2.32 bits per heavy atom. The van der Waals surface area contributed by atoms with Crippen LogP contribution in [-0.4, -0.2) is 15.0 Å². The third kappa shape index (κ3) is 2.33. The molecule has 0 aliphatic heterocycles. The van der Waals surface area contributed by atoms with E-state index in [0.29, 0.717) is 10.8 Å². The van der Waals surface area contributed by atoms with Gasteiger partial charge in [0.1, 0.15) is 10.8 Å². The molecule has 0 aromatic carbocycles. The molecule has 2 heterocycles. The zero-order valence-electron chi connectivity index (χ0n) is 10.6. The SMILES string of the molecule is Cc1ccnc(Nc2nc3c(s2)CCC3)c1C(N)=S. The molecule has 1 aliphatic carbocycles. The van der Waals surface area contributed by atoms with E-state index in [-0.39, 0.29) is 0 Å². The van der Waals surface area contributed by atoms with Crippen molar-refractivity contribution in [2.24, 2.45) is 5.73 Å². The molecule has 2 aromatic heterocycles. The number of aryl methyl sites for hydroxylation is 3. The second-order valence-electron chi connectivity index (χ2n) is 4.58. The van der Waals surface area contributed by atoms with Gasteiger partial charge in [-0.15, -0.1) is 11.3 Å². The number of hydrogen-bond donors (Lipinski definition) is 2. The number of rotatable bonds is 3. The van der Waals surface area contributed by atoms with Gasteiger partial charge in [-0.1, -0.05) is 12.2 Å². The highest BCUT2D eigenvalue weighted by Crippen LogP contribution is 2.32. The maximum atomic E-state index is 5.78. The topological polar surface area (TPSA) is 63.8 Å². The number of aromatic nitrogens is 2. The third-order valence-corrected chi connectivity index (χ3v) is 4.50. The Labute approximate surface area is 121 Å². The maximum absolute atomic E-state index is 5.78. The van der Waals surface area contributed by atoms with E-state index >= 15 is 0 Å². The van der Waals surface area contributed by atoms with Crippen LogP contribution in [0.25, 0.3) is 0 Å². The molecule has 0 saturated carbocycles. The van der Waals surface area contributed by atoms with Crippen molar-refractivity contribution >= 4 is 39.5 Å². The third-order valence-electron chi connectivity index (χ3n) is 3.23. The lowest BCUT2D eigenvalue weighted by atomic mass is 10.1. The van der Waals surface area contributed by atoms with Crippen molar-refractivity contribution < 1.29 is 0 Å². The summed E-state index contributed by atoms with van der Waals surface area (Å²) in [6, 6.07) is 1.90. The lowest BCUT2D eigenvalue weighted by Crippen LogP contribution is -2.14. The van der Waals surface area contributed by atoms with Crippen molar-refractivity contribution in [2.75, 3.05) is 5.32 Å². The van der Waals surface area contributed by atoms with Crippen molar-refractivity contribution in [1.29, 1.82) is 0 Å². The second-order valence-corrected chi connectivity index (χ2v) is 6.11. The van der Waals surface area contributed by atoms with E-state index in [2.05, 4.69) is 15.3 Å². The molecule has 19 heavy (non-hydrogen) atoms. The minimum atomic E-state index is 0.359. The average Bonchev–Trinajstić information content (AvgIpc) is 2.88. The van der Waals surface area contributed by atoms with Gasteiger partial charge in [-0.05, 0) is 37.8 Å². The van der Waals surface area contributed by atoms with Gasteiger partial charge in [-0.2, -0.15) is 0 Å². The zero-order valence-corrected chi connectivity index (χ0v) is 12.2. The second kappa shape index (κ2) is 4.86. The number of anilines is 2. The number of thiazole rings is 1. The molecule has 0 spiro atoms. The summed E-state index contributed by atoms with van der Waals surface area (Å²) in [6.45, 7) is 1.98. The molecular formula is C13H14N4S2. The minimum absolute atomic E-state index is 0.359. The maximum Gasteiger partial charge on any atom is 0.188 e. The van der Waals surface area contributed by atoms with E-state index in [1.165, 1.54) is 17.0 Å². The molecule has 1 aliphatic rings. The molecule has 0 unspecified atom stereocenters. The summed E-state index contributed by atoms with van der Waals surface area (Å²) in [4.78, 5) is 10.7. The van der Waals surface area contributed by atoms with Crippen LogP contribution in [0.2, 0.25) is 0 Å². The molecule has 0 saturated heterocycles. The van der Waals surface area contributed by atoms with Crippen LogP contribution < -0.4 is 11.1 Å². The van der Waals surface area contributed by atoms with Crippen LogP contribution in [0.1, 0.15) is 28.1 Å². The molecule has 0 bridgehead atoms. The Kier molecular flexibility index (Phi) is 3.20. The van der Waals surface area contributed by atoms with Crippen LogP contribution in [0.15, 0.2) is 12.3 Å². The Morgan fingerprint density at radius 1 is 1.47 bits per heavy atom. The number of thiocarbonyl (C=S) groups is 1. The molecule has 6 heteroatoms. The summed E-state index contributed by atoms with van der Waals surface area (Å²) in [7, 11) is 0. The lowest BCUT2D eigenvalue weighted by Gasteiger charge is -2.10. The molecule has 4 nitrogen and oxygen atoms in total. The van der Waals surface area contributed by atoms with E-state index in [9.17, 15) is 0 Å². The molecule has 2 aromatic rings. The van der Waals surface area contributed by atoms with Crippen molar-refractivity contribution in [2.45, 2.75) is 26.2 Å². The van der Waals surface area contributed by atoms with Crippen LogP contribution in [-0.2, 0) is 12.8 Å². The summed E-state index contributed by atoms with van der Waals surface area (Å²) in [6.07, 6.45) is 5.19. The Balaban J connectivity index is 1.94. The van der Waals surface area contributed by atoms with Crippen molar-refractivity contribution in [3.63, 3.8) is 0 Å². The number of hydrogen-bond acceptors (Lipinski definition) is 5. The molecule has 98 valence electrons. The summed E-state index contributed by atoms with van der Waals surface area (Å²) in [5.41, 5.74) is 8.82. The number of fused-ring (bicyclic) bond motifs is 1. The first kappa shape index (κ1) is 12.5. The first-order chi connectivity index (χ1) is 9.15. The van der Waals surface area contributed by atoms with Crippen LogP contribution in [0.3, 0.4) is 0 Å². The van der Waals surface area contributed by atoms with Gasteiger partial charge in [0, 0.05) is 11.1 Å². The molecule has 3 N–H and O–H groups in total. The highest BCUT2D eigenvalue weighted by molar-refractivity contribution is 7.80. The fourth-order valence-electron chi connectivity index (χ4n) is 2.31. The summed E-state index contributed by atoms with van der Waals surface area (Å²) in [5.74, 6) is 0.694. The van der Waals surface area contributed by atoms with Gasteiger partial charge < -0.3 is 11.1 Å². The lowest BCUT2D eigenvalue weighted by molar-refractivity contribution is 0.900. The zero-order chi connectivity index (χ0) is 13.4. The standard InChI is InChI=1S/C13H14N4S2/c1-7-5-6-15-12(10(7)11(14)18)17-13-16-8-3-2-4-9(8)19-13/h5-6H,2-4H2,1H3,(H2,14,18)(H,15,16,17). The normalized spacial score (nSPS) is 13.3. The number of nitrogens with two attached hydrogens (primary N) is 1. The fraction of sp³-hybridized carbons (Fsp3) is 0.308. The highest BCUT2D eigenvalue weighted by atomic mass is 32.1. The van der Waals surface area contributed by atoms with Gasteiger partial charge >= 0.3 is 0 Å². The van der Waals surface area contributed by atoms with Gasteiger partial charge in [-0.3, -0.25) is 0 Å². The van der Waals surface area contributed by atoms with Gasteiger partial charge in [0.2, 0.25) is 0 Å². The molecule has 0 radical (unpaired) electrons. The predicted octanol–water partition coefficient (Wildman–Crippen LogP) is 2.71. The van der Waals surface area contributed by atoms with E-state index in [1.807, 2.05) is 13.0 Å². The predicted molar refractivity (Wildman–Crippen MR) is 82.3 cm³/mol. The number of nitrogens with zero attached hydrogens (tertiary/aromatic N) is 2. The summed E-state index contributed by atoms with van der Waals surface area (Å²) in [5, 5.41) is 4.13. The smallest absolute Gasteiger partial charge is 0.188 e. The monoisotopic (exact) mass is 290 g/mol. The van der Waals surface area contributed by atoms with E-state index < -0.39 is 0 Å². The largest absolute Gasteiger partial charge is 0.389 e. The quantitative estimate of drug-likeness (QED) is 0.851. The molecule has 0 amide bonds. The van der Waals surface area contributed by atoms with Gasteiger partial charge in [0.15, 0.2) is 5.13 Å². The fourth-order valence-corrected chi connectivity index (χ4v) is 3.62. The molecule has 0 fully saturated rings. The van der Waals surface area contributed by atoms with E-state index in [4.69, 9.17) is 18.0 Å². The molecular weight excluding hydrogens is 276 g/mol. The highest BCUT2D eigenvalue weighted by Gasteiger charge is 2.18.